The molecule has 0 saturated heterocycles. The van der Waals surface area contributed by atoms with Gasteiger partial charge in [0.05, 0.1) is 52.9 Å². The third kappa shape index (κ3) is 64.6. The van der Waals surface area contributed by atoms with E-state index < -0.39 is 47.6 Å². The number of rotatable bonds is 17. The second-order valence-electron chi connectivity index (χ2n) is 19.5. The van der Waals surface area contributed by atoms with Gasteiger partial charge in [0, 0.05) is 145 Å². The van der Waals surface area contributed by atoms with Gasteiger partial charge in [-0.3, -0.25) is 49.5 Å². The van der Waals surface area contributed by atoms with Gasteiger partial charge >= 0.3 is 0 Å². The van der Waals surface area contributed by atoms with E-state index in [1.165, 1.54) is 26.9 Å². The van der Waals surface area contributed by atoms with Gasteiger partial charge in [0.25, 0.3) is 0 Å². The zero-order valence-corrected chi connectivity index (χ0v) is 70.7. The first-order valence-corrected chi connectivity index (χ1v) is 35.4. The van der Waals surface area contributed by atoms with E-state index in [2.05, 4.69) is 226 Å². The number of carboxylic acids is 3. The fraction of sp³-hybridized carbons (Fsp3) is 0.127. The summed E-state index contributed by atoms with van der Waals surface area (Å²) in [6.07, 6.45) is 1.83. The van der Waals surface area contributed by atoms with Gasteiger partial charge in [0.2, 0.25) is 0 Å². The van der Waals surface area contributed by atoms with Crippen molar-refractivity contribution in [1.82, 2.24) is 0 Å². The van der Waals surface area contributed by atoms with Gasteiger partial charge < -0.3 is 125 Å². The van der Waals surface area contributed by atoms with Crippen LogP contribution in [0.25, 0.3) is 0 Å². The molecule has 24 nitrogen and oxygen atoms in total. The van der Waals surface area contributed by atoms with Crippen molar-refractivity contribution in [2.24, 2.45) is 5.92 Å². The van der Waals surface area contributed by atoms with Crippen LogP contribution in [0, 0.1) is 82.6 Å². The molecule has 0 atom stereocenters. The molecule has 0 aliphatic carbocycles. The molecule has 0 spiro atoms. The van der Waals surface area contributed by atoms with Gasteiger partial charge in [0.1, 0.15) is 52.4 Å². The summed E-state index contributed by atoms with van der Waals surface area (Å²) in [5, 5.41) is 41.0. The van der Waals surface area contributed by atoms with Gasteiger partial charge in [-0.05, 0) is 110 Å². The van der Waals surface area contributed by atoms with Crippen molar-refractivity contribution in [2.75, 3.05) is 32.3 Å². The Morgan fingerprint density at radius 3 is 0.802 bits per heavy atom. The van der Waals surface area contributed by atoms with Gasteiger partial charge in [-0.25, -0.2) is 0 Å². The van der Waals surface area contributed by atoms with Crippen LogP contribution in [0.4, 0.5) is 34.1 Å². The molecule has 3 amide bonds. The predicted molar refractivity (Wildman–Crippen MR) is 396 cm³/mol. The van der Waals surface area contributed by atoms with Crippen LogP contribution in [-0.4, -0.2) is 104 Å². The molecule has 0 heterocycles. The van der Waals surface area contributed by atoms with Crippen LogP contribution in [0.3, 0.4) is 0 Å². The van der Waals surface area contributed by atoms with E-state index in [9.17, 15) is 28.8 Å². The number of esters is 3. The normalized spacial score (nSPS) is 9.42. The van der Waals surface area contributed by atoms with E-state index in [0.29, 0.717) is 51.6 Å². The molecule has 101 heavy (non-hydrogen) atoms. The van der Waals surface area contributed by atoms with E-state index in [-0.39, 0.29) is 133 Å². The quantitative estimate of drug-likeness (QED) is 0.00779. The van der Waals surface area contributed by atoms with Crippen LogP contribution in [0.1, 0.15) is 27.7 Å². The summed E-state index contributed by atoms with van der Waals surface area (Å²) in [4.78, 5) is 87.8. The minimum Gasteiger partial charge on any atom is -0.662 e. The van der Waals surface area contributed by atoms with E-state index >= 15 is 0 Å². The number of hydrogen-bond acceptors (Lipinski definition) is 18. The summed E-state index contributed by atoms with van der Waals surface area (Å²) < 4.78 is 29.3. The van der Waals surface area contributed by atoms with Gasteiger partial charge in [-0.2, -0.15) is 21.3 Å². The Morgan fingerprint density at radius 2 is 0.604 bits per heavy atom. The molecular formula is C71H88N6O18Si3Y3-12. The van der Waals surface area contributed by atoms with E-state index in [4.69, 9.17) is 49.6 Å². The van der Waals surface area contributed by atoms with Gasteiger partial charge in [0.15, 0.2) is 17.9 Å². The number of carbonyl (C=O) groups is 8. The Hall–Kier alpha value is -8.51. The number of hydrogen-bond donors (Lipinski definition) is 9. The molecule has 0 aromatic heterocycles. The smallest absolute Gasteiger partial charge is 0.161 e. The number of nitrogens with two attached hydrogens (primary N) is 1. The maximum atomic E-state index is 11.2. The number of aliphatic carboxylic acids is 3. The average Bonchev–Trinajstić information content (AvgIpc) is 0.839. The van der Waals surface area contributed by atoms with Crippen molar-refractivity contribution in [1.29, 1.82) is 0 Å². The predicted octanol–water partition coefficient (Wildman–Crippen LogP) is 9.28. The number of ether oxygens (including phenoxy) is 6. The van der Waals surface area contributed by atoms with E-state index in [1.807, 2.05) is 12.1 Å². The largest absolute Gasteiger partial charge is 0.662 e. The number of anilines is 6. The number of carbonyl (C=O) groups excluding carboxylic acids is 6. The summed E-state index contributed by atoms with van der Waals surface area (Å²) in [6, 6.07) is 51.2. The summed E-state index contributed by atoms with van der Waals surface area (Å²) in [7, 11) is 8.25. The van der Waals surface area contributed by atoms with Crippen molar-refractivity contribution in [3.8, 4) is 34.5 Å². The summed E-state index contributed by atoms with van der Waals surface area (Å²) in [6.45, 7) is 38.3. The Labute approximate surface area is 677 Å². The Bertz CT molecular complexity index is 3220. The maximum Gasteiger partial charge on any atom is 0.161 e. The molecule has 0 fully saturated rings. The van der Waals surface area contributed by atoms with Crippen LogP contribution in [0.5, 0.6) is 34.5 Å². The minimum atomic E-state index is -1.08. The summed E-state index contributed by atoms with van der Waals surface area (Å²) in [5.74, 6) is -2.22. The van der Waals surface area contributed by atoms with Crippen LogP contribution in [0.2, 0.25) is 19.6 Å². The van der Waals surface area contributed by atoms with Crippen LogP contribution in [-0.2, 0) is 155 Å². The van der Waals surface area contributed by atoms with Gasteiger partial charge in [-0.1, -0.05) is 92.4 Å². The molecule has 0 unspecified atom stereocenters. The topological polar surface area (TPSA) is 356 Å². The molecule has 7 aromatic rings. The van der Waals surface area contributed by atoms with Crippen LogP contribution in [0.15, 0.2) is 164 Å². The Morgan fingerprint density at radius 1 is 0.396 bits per heavy atom. The Balaban J connectivity index is -0.000000298. The first-order valence-electron chi connectivity index (χ1n) is 29.1. The number of benzene rings is 7. The first kappa shape index (κ1) is 103. The van der Waals surface area contributed by atoms with Crippen molar-refractivity contribution in [3.63, 3.8) is 0 Å². The zero-order chi connectivity index (χ0) is 75.1. The minimum absolute atomic E-state index is 0. The average molecular weight is 1660 g/mol. The van der Waals surface area contributed by atoms with E-state index in [0.717, 1.165) is 11.6 Å². The van der Waals surface area contributed by atoms with Crippen molar-refractivity contribution >= 4 is 132 Å². The first-order chi connectivity index (χ1) is 46.1. The number of amides is 3. The van der Waals surface area contributed by atoms with Crippen molar-refractivity contribution < 1.29 is 185 Å². The zero-order valence-electron chi connectivity index (χ0n) is 57.9. The molecule has 30 heteroatoms. The molecule has 0 saturated carbocycles. The monoisotopic (exact) mass is 1660 g/mol. The molecule has 7 rings (SSSR count). The number of nitrogen functional groups attached to an aromatic ring is 1. The molecule has 0 aliphatic rings. The summed E-state index contributed by atoms with van der Waals surface area (Å²) in [5.41, 5.74) is 10.5. The third-order valence-corrected chi connectivity index (χ3v) is 14.1. The van der Waals surface area contributed by atoms with Crippen LogP contribution < -0.4 is 62.1 Å². The van der Waals surface area contributed by atoms with Crippen molar-refractivity contribution in [3.05, 3.63) is 241 Å². The fourth-order valence-electron chi connectivity index (χ4n) is 6.29. The maximum absolute atomic E-state index is 11.2. The molecule has 543 valence electrons. The SMILES string of the molecule is CC(C)C.C[SiH2]c1ccc(N)cc1.C[SiH2]c1ccc(NC(C)Nc2ccc([SiH2]C)cc2)cc1.[CH2-]C(=O)Nc1ccc(Oc2cc(Oc3ccc(N[C-]=O)cc3)cc(Oc3ccc(NC([CH2-])=O)cc3)c2)cc1.[CH2-]C(=O)O.[CH2-]C(=O)O.[CH2-]C(=O)O.[CH2-]OC([CH2-])=O.[CH2-]OC([CH2-])=O.[CH2-]OC([CH2-])=O.[Y].[Y].[Y]. The van der Waals surface area contributed by atoms with Crippen LogP contribution >= 0.6 is 0 Å². The standard InChI is InChI=1S/C29H22N3O6.C16H24N2Si2.C7H11NSi.C4H10.3C3H4O2.3C2H3O2.3Y/c1-19(34)31-22-5-11-25(12-6-22)37-28-15-27(36-24-9-3-21(4-10-24)30-18-33)16-29(17-28)38-26-13-7-23(8-14-26)32-20(2)35;1-12(17-13-4-8-15(19-2)9-5-13)18-14-6-10-16(20-3)11-7-14;1-9-7-4-2-6(8)3-5-7;1-4(2)3;3*1-3(4)5-2;3*1-2(3)4;;;/h3-17H,1-2H2,(H,30,33)(H,31,34)(H,32,35);4-12,17-18H,19-20H2,1-3H3;2-5H,8-9H2,1H3;4H,1-3H3;3*1-2H2;3*1H2,(H,3,4);;;/q-3;;;;3*-2;3*-1;;;. The number of nitrogens with one attached hydrogen (secondary N) is 5. The second kappa shape index (κ2) is 63.7. The van der Waals surface area contributed by atoms with Gasteiger partial charge in [-0.15, -0.1) is 17.8 Å². The number of carboxylic acid groups (broad SMARTS) is 3. The molecule has 0 aliphatic heterocycles. The Kier molecular flexibility index (Phi) is 65.2. The molecular weight excluding hydrogens is 1580 g/mol. The molecule has 3 radical (unpaired) electrons. The van der Waals surface area contributed by atoms with E-state index in [1.54, 1.807) is 97.4 Å². The summed E-state index contributed by atoms with van der Waals surface area (Å²) >= 11 is 0. The second-order valence-corrected chi connectivity index (χ2v) is 24.1. The fourth-order valence-corrected chi connectivity index (χ4v) is 8.41. The molecule has 0 bridgehead atoms. The molecule has 7 aromatic carbocycles. The molecule has 10 N–H and O–H groups in total. The third-order valence-electron chi connectivity index (χ3n) is 10.2. The van der Waals surface area contributed by atoms with Crippen molar-refractivity contribution in [2.45, 2.75) is 53.5 Å².